The molecule has 2 aliphatic heterocycles. The molecule has 0 saturated carbocycles. The van der Waals surface area contributed by atoms with Gasteiger partial charge in [-0.3, -0.25) is 9.59 Å². The minimum absolute atomic E-state index is 0.00989. The number of nitrogen functional groups attached to an aromatic ring is 1. The molecule has 1 aromatic rings. The maximum absolute atomic E-state index is 14.3. The van der Waals surface area contributed by atoms with Gasteiger partial charge in [0, 0.05) is 18.8 Å². The van der Waals surface area contributed by atoms with E-state index in [1.165, 1.54) is 6.07 Å². The van der Waals surface area contributed by atoms with Crippen LogP contribution in [0.3, 0.4) is 0 Å². The Bertz CT molecular complexity index is 619. The van der Waals surface area contributed by atoms with E-state index < -0.39 is 11.7 Å². The van der Waals surface area contributed by atoms with Crippen molar-refractivity contribution in [1.29, 1.82) is 0 Å². The zero-order chi connectivity index (χ0) is 15.1. The highest BCUT2D eigenvalue weighted by atomic mass is 19.1. The van der Waals surface area contributed by atoms with E-state index in [0.717, 1.165) is 18.9 Å². The molecule has 2 aliphatic rings. The van der Waals surface area contributed by atoms with Crippen molar-refractivity contribution in [2.45, 2.75) is 18.9 Å². The topological polar surface area (TPSA) is 101 Å². The molecule has 21 heavy (non-hydrogen) atoms. The first-order valence-corrected chi connectivity index (χ1v) is 6.92. The number of benzene rings is 1. The lowest BCUT2D eigenvalue weighted by Crippen LogP contribution is -2.46. The Morgan fingerprint density at radius 1 is 1.43 bits per heavy atom. The summed E-state index contributed by atoms with van der Waals surface area (Å²) in [7, 11) is 0. The van der Waals surface area contributed by atoms with Crippen molar-refractivity contribution in [3.8, 4) is 0 Å². The van der Waals surface area contributed by atoms with Crippen LogP contribution in [-0.2, 0) is 4.79 Å². The number of carbonyl (C=O) groups is 2. The number of carbonyl (C=O) groups excluding carboxylic acids is 2. The third kappa shape index (κ3) is 2.18. The summed E-state index contributed by atoms with van der Waals surface area (Å²) in [6.45, 7) is 1.12. The molecule has 3 rings (SSSR count). The van der Waals surface area contributed by atoms with Crippen molar-refractivity contribution in [3.63, 3.8) is 0 Å². The molecular weight excluding hydrogens is 275 g/mol. The van der Waals surface area contributed by atoms with Crippen LogP contribution in [0.5, 0.6) is 0 Å². The zero-order valence-corrected chi connectivity index (χ0v) is 11.4. The van der Waals surface area contributed by atoms with Crippen LogP contribution in [-0.4, -0.2) is 30.9 Å². The molecule has 112 valence electrons. The zero-order valence-electron chi connectivity index (χ0n) is 11.4. The van der Waals surface area contributed by atoms with Crippen LogP contribution in [0.1, 0.15) is 23.2 Å². The van der Waals surface area contributed by atoms with Gasteiger partial charge in [0.15, 0.2) is 0 Å². The Morgan fingerprint density at radius 2 is 2.19 bits per heavy atom. The van der Waals surface area contributed by atoms with Gasteiger partial charge in [-0.15, -0.1) is 0 Å². The SMILES string of the molecule is NC(=O)c1cc(N2CCCC3C(=O)NCC32)c(F)cc1N. The normalized spacial score (nSPS) is 24.6. The molecular formula is C14H17FN4O2. The van der Waals surface area contributed by atoms with E-state index in [1.807, 2.05) is 4.90 Å². The Balaban J connectivity index is 2.01. The summed E-state index contributed by atoms with van der Waals surface area (Å²) in [5.74, 6) is -1.32. The maximum atomic E-state index is 14.3. The number of piperidine rings is 1. The second-order valence-corrected chi connectivity index (χ2v) is 5.51. The van der Waals surface area contributed by atoms with Crippen molar-refractivity contribution in [3.05, 3.63) is 23.5 Å². The third-order valence-electron chi connectivity index (χ3n) is 4.30. The molecule has 7 heteroatoms. The molecule has 5 N–H and O–H groups in total. The summed E-state index contributed by atoms with van der Waals surface area (Å²) in [5.41, 5.74) is 11.3. The van der Waals surface area contributed by atoms with E-state index in [2.05, 4.69) is 5.32 Å². The van der Waals surface area contributed by atoms with Crippen molar-refractivity contribution in [1.82, 2.24) is 5.32 Å². The highest BCUT2D eigenvalue weighted by Crippen LogP contribution is 2.34. The van der Waals surface area contributed by atoms with E-state index in [9.17, 15) is 14.0 Å². The average Bonchev–Trinajstić information content (AvgIpc) is 2.81. The van der Waals surface area contributed by atoms with Crippen LogP contribution in [0.25, 0.3) is 0 Å². The fraction of sp³-hybridized carbons (Fsp3) is 0.429. The monoisotopic (exact) mass is 292 g/mol. The van der Waals surface area contributed by atoms with E-state index in [4.69, 9.17) is 11.5 Å². The Kier molecular flexibility index (Phi) is 3.19. The third-order valence-corrected chi connectivity index (χ3v) is 4.30. The van der Waals surface area contributed by atoms with Crippen molar-refractivity contribution in [2.24, 2.45) is 11.7 Å². The standard InChI is InChI=1S/C14H17FN4O2/c15-9-5-10(16)8(13(17)20)4-11(9)19-3-1-2-7-12(19)6-18-14(7)21/h4-5,7,12H,1-3,6,16H2,(H2,17,20)(H,18,21). The summed E-state index contributed by atoms with van der Waals surface area (Å²) < 4.78 is 14.3. The highest BCUT2D eigenvalue weighted by molar-refractivity contribution is 5.99. The number of fused-ring (bicyclic) bond motifs is 1. The van der Waals surface area contributed by atoms with Gasteiger partial charge in [0.2, 0.25) is 5.91 Å². The number of rotatable bonds is 2. The second kappa shape index (κ2) is 4.91. The van der Waals surface area contributed by atoms with Gasteiger partial charge < -0.3 is 21.7 Å². The molecule has 0 aromatic heterocycles. The first-order chi connectivity index (χ1) is 9.99. The van der Waals surface area contributed by atoms with E-state index in [0.29, 0.717) is 13.1 Å². The predicted octanol–water partition coefficient (Wildman–Crippen LogP) is 0.222. The molecule has 0 spiro atoms. The minimum atomic E-state index is -0.692. The van der Waals surface area contributed by atoms with Crippen LogP contribution in [0.2, 0.25) is 0 Å². The van der Waals surface area contributed by atoms with Gasteiger partial charge in [-0.25, -0.2) is 4.39 Å². The van der Waals surface area contributed by atoms with Crippen LogP contribution in [0.15, 0.2) is 12.1 Å². The van der Waals surface area contributed by atoms with E-state index >= 15 is 0 Å². The van der Waals surface area contributed by atoms with Gasteiger partial charge in [-0.1, -0.05) is 0 Å². The molecule has 0 bridgehead atoms. The number of primary amides is 1. The largest absolute Gasteiger partial charge is 0.398 e. The van der Waals surface area contributed by atoms with Crippen molar-refractivity contribution in [2.75, 3.05) is 23.7 Å². The number of hydrogen-bond acceptors (Lipinski definition) is 4. The van der Waals surface area contributed by atoms with E-state index in [1.54, 1.807) is 0 Å². The fourth-order valence-corrected chi connectivity index (χ4v) is 3.26. The van der Waals surface area contributed by atoms with Crippen LogP contribution < -0.4 is 21.7 Å². The molecule has 2 fully saturated rings. The van der Waals surface area contributed by atoms with Gasteiger partial charge in [0.25, 0.3) is 5.91 Å². The number of amides is 2. The number of nitrogens with one attached hydrogen (secondary N) is 1. The number of nitrogens with zero attached hydrogens (tertiary/aromatic N) is 1. The summed E-state index contributed by atoms with van der Waals surface area (Å²) in [4.78, 5) is 25.0. The van der Waals surface area contributed by atoms with Crippen molar-refractivity contribution < 1.29 is 14.0 Å². The minimum Gasteiger partial charge on any atom is -0.398 e. The summed E-state index contributed by atoms with van der Waals surface area (Å²) in [6, 6.07) is 2.41. The van der Waals surface area contributed by atoms with E-state index in [-0.39, 0.29) is 34.8 Å². The maximum Gasteiger partial charge on any atom is 0.250 e. The fourth-order valence-electron chi connectivity index (χ4n) is 3.26. The molecule has 2 unspecified atom stereocenters. The number of anilines is 2. The Morgan fingerprint density at radius 3 is 2.90 bits per heavy atom. The number of nitrogens with two attached hydrogens (primary N) is 2. The van der Waals surface area contributed by atoms with Crippen LogP contribution in [0, 0.1) is 11.7 Å². The average molecular weight is 292 g/mol. The number of halogens is 1. The predicted molar refractivity (Wildman–Crippen MR) is 76.2 cm³/mol. The highest BCUT2D eigenvalue weighted by Gasteiger charge is 2.41. The lowest BCUT2D eigenvalue weighted by molar-refractivity contribution is -0.123. The quantitative estimate of drug-likeness (QED) is 0.679. The molecule has 0 aliphatic carbocycles. The van der Waals surface area contributed by atoms with Crippen LogP contribution in [0.4, 0.5) is 15.8 Å². The first-order valence-electron chi connectivity index (χ1n) is 6.92. The second-order valence-electron chi connectivity index (χ2n) is 5.51. The van der Waals surface area contributed by atoms with Gasteiger partial charge >= 0.3 is 0 Å². The first kappa shape index (κ1) is 13.7. The van der Waals surface area contributed by atoms with Gasteiger partial charge in [0.05, 0.1) is 23.2 Å². The van der Waals surface area contributed by atoms with Gasteiger partial charge in [-0.2, -0.15) is 0 Å². The molecule has 6 nitrogen and oxygen atoms in total. The summed E-state index contributed by atoms with van der Waals surface area (Å²) in [5, 5.41) is 2.81. The molecule has 2 heterocycles. The Labute approximate surface area is 121 Å². The van der Waals surface area contributed by atoms with Crippen LogP contribution >= 0.6 is 0 Å². The molecule has 2 saturated heterocycles. The molecule has 1 aromatic carbocycles. The van der Waals surface area contributed by atoms with Crippen molar-refractivity contribution >= 4 is 23.2 Å². The molecule has 2 atom stereocenters. The lowest BCUT2D eigenvalue weighted by atomic mass is 9.90. The summed E-state index contributed by atoms with van der Waals surface area (Å²) in [6.07, 6.45) is 1.59. The van der Waals surface area contributed by atoms with Gasteiger partial charge in [0.1, 0.15) is 5.82 Å². The molecule has 2 amide bonds. The molecule has 0 radical (unpaired) electrons. The smallest absolute Gasteiger partial charge is 0.250 e. The lowest BCUT2D eigenvalue weighted by Gasteiger charge is -2.38. The number of hydrogen-bond donors (Lipinski definition) is 3. The summed E-state index contributed by atoms with van der Waals surface area (Å²) >= 11 is 0. The van der Waals surface area contributed by atoms with Gasteiger partial charge in [-0.05, 0) is 25.0 Å². The Hall–Kier alpha value is -2.31.